The molecule has 0 N–H and O–H groups in total. The minimum absolute atomic E-state index is 1.15. The Morgan fingerprint density at radius 1 is 0.909 bits per heavy atom. The van der Waals surface area contributed by atoms with E-state index in [1.54, 1.807) is 0 Å². The largest absolute Gasteiger partial charge is 0.128 e. The van der Waals surface area contributed by atoms with Crippen molar-refractivity contribution in [1.29, 1.82) is 0 Å². The summed E-state index contributed by atoms with van der Waals surface area (Å²) in [5.41, 5.74) is 0. The normalized spacial score (nSPS) is 23.3. The van der Waals surface area contributed by atoms with Crippen LogP contribution < -0.4 is 0 Å². The van der Waals surface area contributed by atoms with E-state index in [0.717, 1.165) is 5.75 Å². The molecule has 11 heavy (non-hydrogen) atoms. The van der Waals surface area contributed by atoms with Crippen LogP contribution in [-0.2, 0) is 0 Å². The van der Waals surface area contributed by atoms with Gasteiger partial charge in [-0.2, -0.15) is 0 Å². The second-order valence-electron chi connectivity index (χ2n) is 1.92. The Bertz CT molecular complexity index is 229. The maximum atomic E-state index is 2.16. The van der Waals surface area contributed by atoms with Crippen LogP contribution in [0.1, 0.15) is 0 Å². The SMILES string of the molecule is C1=CSC(=C2SC=CS2)CS1. The van der Waals surface area contributed by atoms with Gasteiger partial charge in [-0.25, -0.2) is 0 Å². The van der Waals surface area contributed by atoms with E-state index < -0.39 is 0 Å². The third kappa shape index (κ3) is 2.05. The summed E-state index contributed by atoms with van der Waals surface area (Å²) in [6.07, 6.45) is 0. The molecule has 0 saturated carbocycles. The number of hydrogen-bond donors (Lipinski definition) is 0. The fraction of sp³-hybridized carbons (Fsp3) is 0.143. The molecule has 0 unspecified atom stereocenters. The van der Waals surface area contributed by atoms with Crippen LogP contribution in [0.5, 0.6) is 0 Å². The van der Waals surface area contributed by atoms with Crippen molar-refractivity contribution in [2.45, 2.75) is 0 Å². The van der Waals surface area contributed by atoms with Crippen LogP contribution in [0.3, 0.4) is 0 Å². The Balaban J connectivity index is 2.13. The fourth-order valence-corrected chi connectivity index (χ4v) is 4.83. The average molecular weight is 218 g/mol. The zero-order chi connectivity index (χ0) is 7.52. The molecule has 0 atom stereocenters. The Morgan fingerprint density at radius 3 is 2.27 bits per heavy atom. The van der Waals surface area contributed by atoms with Gasteiger partial charge in [-0.3, -0.25) is 0 Å². The van der Waals surface area contributed by atoms with Gasteiger partial charge >= 0.3 is 0 Å². The summed E-state index contributed by atoms with van der Waals surface area (Å²) < 4.78 is 1.46. The summed E-state index contributed by atoms with van der Waals surface area (Å²) >= 11 is 7.42. The summed E-state index contributed by atoms with van der Waals surface area (Å²) in [6, 6.07) is 0. The highest BCUT2D eigenvalue weighted by molar-refractivity contribution is 8.28. The molecular formula is C7H6S4. The number of hydrogen-bond acceptors (Lipinski definition) is 4. The zero-order valence-corrected chi connectivity index (χ0v) is 8.92. The molecule has 0 saturated heterocycles. The third-order valence-electron chi connectivity index (χ3n) is 1.21. The average Bonchev–Trinajstić information content (AvgIpc) is 2.58. The van der Waals surface area contributed by atoms with Gasteiger partial charge in [-0.1, -0.05) is 35.3 Å². The lowest BCUT2D eigenvalue weighted by atomic mass is 10.7. The van der Waals surface area contributed by atoms with Crippen molar-refractivity contribution in [2.75, 3.05) is 5.75 Å². The molecule has 0 fully saturated rings. The molecular weight excluding hydrogens is 212 g/mol. The molecule has 0 spiro atoms. The highest BCUT2D eigenvalue weighted by Gasteiger charge is 2.11. The minimum Gasteiger partial charge on any atom is -0.128 e. The Hall–Kier alpha value is 0.620. The van der Waals surface area contributed by atoms with Gasteiger partial charge in [0.25, 0.3) is 0 Å². The molecule has 58 valence electrons. The van der Waals surface area contributed by atoms with Crippen LogP contribution in [0.2, 0.25) is 0 Å². The van der Waals surface area contributed by atoms with Gasteiger partial charge in [0.1, 0.15) is 0 Å². The van der Waals surface area contributed by atoms with Crippen LogP contribution in [0.4, 0.5) is 0 Å². The summed E-state index contributed by atoms with van der Waals surface area (Å²) in [6.45, 7) is 0. The molecule has 2 aliphatic heterocycles. The molecule has 4 heteroatoms. The van der Waals surface area contributed by atoms with Gasteiger partial charge in [-0.15, -0.1) is 11.8 Å². The molecule has 0 aromatic heterocycles. The van der Waals surface area contributed by atoms with Gasteiger partial charge in [0.05, 0.1) is 4.24 Å². The molecule has 0 aromatic carbocycles. The first kappa shape index (κ1) is 8.23. The summed E-state index contributed by atoms with van der Waals surface area (Å²) in [7, 11) is 0. The van der Waals surface area contributed by atoms with Crippen LogP contribution >= 0.6 is 47.0 Å². The fourth-order valence-electron chi connectivity index (χ4n) is 0.752. The molecule has 0 nitrogen and oxygen atoms in total. The lowest BCUT2D eigenvalue weighted by molar-refractivity contribution is 1.73. The van der Waals surface area contributed by atoms with Crippen molar-refractivity contribution >= 4 is 47.0 Å². The van der Waals surface area contributed by atoms with Gasteiger partial charge in [0, 0.05) is 10.7 Å². The van der Waals surface area contributed by atoms with Crippen LogP contribution in [0, 0.1) is 0 Å². The number of thioether (sulfide) groups is 4. The van der Waals surface area contributed by atoms with Crippen molar-refractivity contribution in [2.24, 2.45) is 0 Å². The highest BCUT2D eigenvalue weighted by Crippen LogP contribution is 2.45. The Labute approximate surface area is 83.3 Å². The van der Waals surface area contributed by atoms with E-state index in [0.29, 0.717) is 0 Å². The number of rotatable bonds is 0. The summed E-state index contributed by atoms with van der Waals surface area (Å²) in [5.74, 6) is 1.15. The first-order chi connectivity index (χ1) is 5.47. The highest BCUT2D eigenvalue weighted by atomic mass is 32.2. The van der Waals surface area contributed by atoms with E-state index >= 15 is 0 Å². The second kappa shape index (κ2) is 4.03. The second-order valence-corrected chi connectivity index (χ2v) is 5.91. The van der Waals surface area contributed by atoms with Crippen LogP contribution in [-0.4, -0.2) is 5.75 Å². The van der Waals surface area contributed by atoms with E-state index in [4.69, 9.17) is 0 Å². The Morgan fingerprint density at radius 2 is 1.64 bits per heavy atom. The molecule has 2 heterocycles. The maximum Gasteiger partial charge on any atom is 0.0594 e. The monoisotopic (exact) mass is 218 g/mol. The van der Waals surface area contributed by atoms with Crippen LogP contribution in [0.15, 0.2) is 30.8 Å². The quantitative estimate of drug-likeness (QED) is 0.601. The van der Waals surface area contributed by atoms with Crippen molar-refractivity contribution in [3.63, 3.8) is 0 Å². The van der Waals surface area contributed by atoms with Gasteiger partial charge in [0.2, 0.25) is 0 Å². The molecule has 0 aromatic rings. The van der Waals surface area contributed by atoms with Crippen molar-refractivity contribution in [1.82, 2.24) is 0 Å². The lowest BCUT2D eigenvalue weighted by Crippen LogP contribution is -1.84. The molecule has 0 amide bonds. The van der Waals surface area contributed by atoms with Gasteiger partial charge < -0.3 is 0 Å². The molecule has 2 rings (SSSR count). The molecule has 0 aliphatic carbocycles. The molecule has 2 aliphatic rings. The first-order valence-electron chi connectivity index (χ1n) is 3.11. The van der Waals surface area contributed by atoms with E-state index in [2.05, 4.69) is 21.6 Å². The van der Waals surface area contributed by atoms with Crippen molar-refractivity contribution < 1.29 is 0 Å². The minimum atomic E-state index is 1.15. The van der Waals surface area contributed by atoms with E-state index in [1.807, 2.05) is 47.0 Å². The lowest BCUT2D eigenvalue weighted by Gasteiger charge is -2.09. The van der Waals surface area contributed by atoms with E-state index in [1.165, 1.54) is 9.14 Å². The van der Waals surface area contributed by atoms with Crippen LogP contribution in [0.25, 0.3) is 0 Å². The van der Waals surface area contributed by atoms with Crippen molar-refractivity contribution in [3.8, 4) is 0 Å². The van der Waals surface area contributed by atoms with E-state index in [9.17, 15) is 0 Å². The molecule has 0 radical (unpaired) electrons. The topological polar surface area (TPSA) is 0 Å². The predicted octanol–water partition coefficient (Wildman–Crippen LogP) is 4.06. The first-order valence-corrected chi connectivity index (χ1v) is 6.80. The summed E-state index contributed by atoms with van der Waals surface area (Å²) in [5, 5.41) is 8.62. The zero-order valence-electron chi connectivity index (χ0n) is 5.65. The van der Waals surface area contributed by atoms with E-state index in [-0.39, 0.29) is 0 Å². The standard InChI is InChI=1S/C7H6S4/c1-2-9-6(5-8-1)7-10-3-4-11-7/h1-4H,5H2. The smallest absolute Gasteiger partial charge is 0.0594 e. The maximum absolute atomic E-state index is 2.16. The third-order valence-corrected chi connectivity index (χ3v) is 5.73. The predicted molar refractivity (Wildman–Crippen MR) is 60.5 cm³/mol. The Kier molecular flexibility index (Phi) is 3.01. The van der Waals surface area contributed by atoms with Gasteiger partial charge in [-0.05, 0) is 21.6 Å². The molecule has 0 bridgehead atoms. The van der Waals surface area contributed by atoms with Crippen molar-refractivity contribution in [3.05, 3.63) is 30.8 Å². The van der Waals surface area contributed by atoms with Gasteiger partial charge in [0.15, 0.2) is 0 Å². The summed E-state index contributed by atoms with van der Waals surface area (Å²) in [4.78, 5) is 1.51.